The SMILES string of the molecule is CNC(C)(C#N)CC(C)Sc1cc(Cl)ccc1Cl. The molecule has 0 saturated carbocycles. The molecular weight excluding hydrogens is 287 g/mol. The van der Waals surface area contributed by atoms with Crippen LogP contribution in [0.25, 0.3) is 0 Å². The van der Waals surface area contributed by atoms with Crippen molar-refractivity contribution in [3.8, 4) is 6.07 Å². The van der Waals surface area contributed by atoms with Crippen molar-refractivity contribution in [2.45, 2.75) is 36.0 Å². The van der Waals surface area contributed by atoms with Gasteiger partial charge in [-0.1, -0.05) is 30.1 Å². The van der Waals surface area contributed by atoms with Crippen LogP contribution in [0.1, 0.15) is 20.3 Å². The maximum absolute atomic E-state index is 9.13. The molecule has 1 aromatic rings. The van der Waals surface area contributed by atoms with Crippen LogP contribution in [0.5, 0.6) is 0 Å². The third-order valence-electron chi connectivity index (χ3n) is 2.72. The Labute approximate surface area is 123 Å². The highest BCUT2D eigenvalue weighted by Gasteiger charge is 2.24. The summed E-state index contributed by atoms with van der Waals surface area (Å²) >= 11 is 13.7. The zero-order valence-corrected chi connectivity index (χ0v) is 13.0. The number of nitriles is 1. The maximum Gasteiger partial charge on any atom is 0.104 e. The van der Waals surface area contributed by atoms with Gasteiger partial charge in [0.1, 0.15) is 5.54 Å². The van der Waals surface area contributed by atoms with E-state index in [1.165, 1.54) is 0 Å². The summed E-state index contributed by atoms with van der Waals surface area (Å²) in [5, 5.41) is 13.8. The third-order valence-corrected chi connectivity index (χ3v) is 4.55. The summed E-state index contributed by atoms with van der Waals surface area (Å²) in [6.07, 6.45) is 0.730. The normalized spacial score (nSPS) is 15.8. The molecule has 1 N–H and O–H groups in total. The monoisotopic (exact) mass is 302 g/mol. The van der Waals surface area contributed by atoms with Crippen molar-refractivity contribution in [2.75, 3.05) is 7.05 Å². The zero-order valence-electron chi connectivity index (χ0n) is 10.6. The fourth-order valence-corrected chi connectivity index (χ4v) is 3.32. The first-order valence-electron chi connectivity index (χ1n) is 5.62. The van der Waals surface area contributed by atoms with Gasteiger partial charge in [0.25, 0.3) is 0 Å². The molecule has 0 amide bonds. The van der Waals surface area contributed by atoms with Crippen molar-refractivity contribution in [1.82, 2.24) is 5.32 Å². The molecule has 2 nitrogen and oxygen atoms in total. The van der Waals surface area contributed by atoms with Gasteiger partial charge >= 0.3 is 0 Å². The molecule has 2 atom stereocenters. The van der Waals surface area contributed by atoms with Crippen LogP contribution in [0.4, 0.5) is 0 Å². The van der Waals surface area contributed by atoms with Crippen molar-refractivity contribution >= 4 is 35.0 Å². The van der Waals surface area contributed by atoms with E-state index in [0.717, 1.165) is 11.3 Å². The predicted octanol–water partition coefficient (Wildman–Crippen LogP) is 4.37. The number of hydrogen-bond donors (Lipinski definition) is 1. The van der Waals surface area contributed by atoms with Gasteiger partial charge in [0.15, 0.2) is 0 Å². The van der Waals surface area contributed by atoms with Crippen molar-refractivity contribution < 1.29 is 0 Å². The van der Waals surface area contributed by atoms with E-state index in [9.17, 15) is 0 Å². The van der Waals surface area contributed by atoms with Gasteiger partial charge in [0.2, 0.25) is 0 Å². The number of nitrogens with one attached hydrogen (secondary N) is 1. The van der Waals surface area contributed by atoms with Crippen LogP contribution in [0.15, 0.2) is 23.1 Å². The van der Waals surface area contributed by atoms with E-state index in [1.54, 1.807) is 30.9 Å². The fourth-order valence-electron chi connectivity index (χ4n) is 1.60. The molecule has 0 aliphatic carbocycles. The van der Waals surface area contributed by atoms with Gasteiger partial charge in [0, 0.05) is 15.2 Å². The lowest BCUT2D eigenvalue weighted by molar-refractivity contribution is 0.455. The minimum atomic E-state index is -0.516. The molecule has 0 fully saturated rings. The lowest BCUT2D eigenvalue weighted by Crippen LogP contribution is -2.40. The summed E-state index contributed by atoms with van der Waals surface area (Å²) < 4.78 is 0. The molecule has 5 heteroatoms. The zero-order chi connectivity index (χ0) is 13.8. The first-order valence-corrected chi connectivity index (χ1v) is 7.25. The first-order chi connectivity index (χ1) is 8.40. The molecule has 0 aromatic heterocycles. The van der Waals surface area contributed by atoms with Crippen molar-refractivity contribution in [3.63, 3.8) is 0 Å². The topological polar surface area (TPSA) is 35.8 Å². The summed E-state index contributed by atoms with van der Waals surface area (Å²) in [7, 11) is 1.80. The summed E-state index contributed by atoms with van der Waals surface area (Å²) in [6, 6.07) is 7.70. The van der Waals surface area contributed by atoms with E-state index < -0.39 is 5.54 Å². The van der Waals surface area contributed by atoms with Gasteiger partial charge in [-0.2, -0.15) is 5.26 Å². The van der Waals surface area contributed by atoms with Gasteiger partial charge in [0.05, 0.1) is 11.1 Å². The van der Waals surface area contributed by atoms with Gasteiger partial charge in [-0.05, 0) is 38.6 Å². The molecule has 1 aromatic carbocycles. The van der Waals surface area contributed by atoms with Gasteiger partial charge in [-0.15, -0.1) is 11.8 Å². The lowest BCUT2D eigenvalue weighted by Gasteiger charge is -2.24. The quantitative estimate of drug-likeness (QED) is 0.821. The number of rotatable bonds is 5. The van der Waals surface area contributed by atoms with Crippen LogP contribution in [0.3, 0.4) is 0 Å². The average molecular weight is 303 g/mol. The summed E-state index contributed by atoms with van der Waals surface area (Å²) in [6.45, 7) is 3.97. The minimum absolute atomic E-state index is 0.262. The highest BCUT2D eigenvalue weighted by molar-refractivity contribution is 8.00. The number of hydrogen-bond acceptors (Lipinski definition) is 3. The Morgan fingerprint density at radius 3 is 2.72 bits per heavy atom. The van der Waals surface area contributed by atoms with Crippen LogP contribution in [0, 0.1) is 11.3 Å². The van der Waals surface area contributed by atoms with Crippen LogP contribution < -0.4 is 5.32 Å². The molecule has 0 bridgehead atoms. The lowest BCUT2D eigenvalue weighted by atomic mass is 9.98. The molecule has 2 unspecified atom stereocenters. The molecule has 0 radical (unpaired) electrons. The van der Waals surface area contributed by atoms with Crippen LogP contribution in [0.2, 0.25) is 10.0 Å². The first kappa shape index (κ1) is 15.7. The smallest absolute Gasteiger partial charge is 0.104 e. The standard InChI is InChI=1S/C13H16Cl2N2S/c1-9(7-13(2,8-16)17-3)18-12-6-10(14)4-5-11(12)15/h4-6,9,17H,7H2,1-3H3. The second-order valence-electron chi connectivity index (χ2n) is 4.40. The Balaban J connectivity index is 2.73. The number of thioether (sulfide) groups is 1. The van der Waals surface area contributed by atoms with Crippen LogP contribution in [-0.2, 0) is 0 Å². The highest BCUT2D eigenvalue weighted by Crippen LogP contribution is 2.35. The third kappa shape index (κ3) is 4.37. The Morgan fingerprint density at radius 1 is 1.50 bits per heavy atom. The molecule has 18 heavy (non-hydrogen) atoms. The Morgan fingerprint density at radius 2 is 2.17 bits per heavy atom. The summed E-state index contributed by atoms with van der Waals surface area (Å²) in [5.74, 6) is 0. The summed E-state index contributed by atoms with van der Waals surface area (Å²) in [4.78, 5) is 0.952. The number of nitrogens with zero attached hydrogens (tertiary/aromatic N) is 1. The maximum atomic E-state index is 9.13. The largest absolute Gasteiger partial charge is 0.303 e. The van der Waals surface area contributed by atoms with Crippen LogP contribution in [-0.4, -0.2) is 17.8 Å². The minimum Gasteiger partial charge on any atom is -0.303 e. The van der Waals surface area contributed by atoms with Crippen molar-refractivity contribution in [1.29, 1.82) is 5.26 Å². The number of benzene rings is 1. The second-order valence-corrected chi connectivity index (χ2v) is 6.73. The van der Waals surface area contributed by atoms with Gasteiger partial charge in [-0.3, -0.25) is 0 Å². The van der Waals surface area contributed by atoms with Crippen LogP contribution >= 0.6 is 35.0 Å². The molecule has 0 heterocycles. The van der Waals surface area contributed by atoms with E-state index >= 15 is 0 Å². The summed E-state index contributed by atoms with van der Waals surface area (Å²) in [5.41, 5.74) is -0.516. The molecule has 1 rings (SSSR count). The molecule has 0 spiro atoms. The van der Waals surface area contributed by atoms with E-state index in [4.69, 9.17) is 28.5 Å². The second kappa shape index (κ2) is 6.68. The Hall–Kier alpha value is -0.400. The fraction of sp³-hybridized carbons (Fsp3) is 0.462. The van der Waals surface area contributed by atoms with Gasteiger partial charge in [-0.25, -0.2) is 0 Å². The van der Waals surface area contributed by atoms with E-state index in [2.05, 4.69) is 18.3 Å². The predicted molar refractivity (Wildman–Crippen MR) is 79.5 cm³/mol. The highest BCUT2D eigenvalue weighted by atomic mass is 35.5. The molecule has 98 valence electrons. The van der Waals surface area contributed by atoms with E-state index in [1.807, 2.05) is 13.0 Å². The Kier molecular flexibility index (Phi) is 5.81. The molecular formula is C13H16Cl2N2S. The van der Waals surface area contributed by atoms with E-state index in [-0.39, 0.29) is 5.25 Å². The molecule has 0 aliphatic rings. The van der Waals surface area contributed by atoms with Crippen molar-refractivity contribution in [3.05, 3.63) is 28.2 Å². The van der Waals surface area contributed by atoms with Crippen molar-refractivity contribution in [2.24, 2.45) is 0 Å². The molecule has 0 aliphatic heterocycles. The van der Waals surface area contributed by atoms with E-state index in [0.29, 0.717) is 10.0 Å². The molecule has 0 saturated heterocycles. The average Bonchev–Trinajstić information content (AvgIpc) is 2.33. The Bertz CT molecular complexity index is 459. The van der Waals surface area contributed by atoms with Gasteiger partial charge < -0.3 is 5.32 Å². The number of halogens is 2.